The third-order valence-electron chi connectivity index (χ3n) is 13.3. The molecule has 0 aliphatic carbocycles. The number of rotatable bonds is 7. The molecule has 0 saturated heterocycles. The van der Waals surface area contributed by atoms with Crippen LogP contribution in [-0.4, -0.2) is 83.2 Å². The van der Waals surface area contributed by atoms with Crippen molar-refractivity contribution >= 4 is 99.4 Å². The molecule has 5 radical (unpaired) electrons. The number of aryl methyl sites for hydroxylation is 6. The molecule has 0 saturated carbocycles. The fraction of sp³-hybridized carbons (Fsp3) is 0.0952. The standard InChI is InChI=1S/C24H20N5.2C10H6N3OS.C10H6N3S2.C9H4N3O2.5Ir/c1-16-9-7-10-17(2)21(16)29-24(25-15-26-29)19-13-8-14-20-22(19)28(3)23(27-20)18-11-5-4-6-12-18;1-6-13-9-7(10-11-5-12-14-10)3-2-4-8(9)15-6;2*1-6-13-9-7(10-11-5-12-15-10)3-2-4-8(9)14-6;1-2-6(9-10-4-12-14-9)8-7(3-1)13-5-11-8;;;;;/h4-12,14-15H,1-3H3;3*2,4-5H,1H3;1,3-5H;;;;;/q5*-1;;;;;. The molecule has 0 atom stereocenters. The van der Waals surface area contributed by atoms with Crippen LogP contribution >= 0.6 is 45.7 Å². The van der Waals surface area contributed by atoms with Crippen molar-refractivity contribution in [2.24, 2.45) is 7.05 Å². The fourth-order valence-electron chi connectivity index (χ4n) is 9.56. The van der Waals surface area contributed by atoms with Crippen LogP contribution in [0, 0.1) is 65.0 Å². The van der Waals surface area contributed by atoms with Crippen LogP contribution in [0.3, 0.4) is 0 Å². The zero-order chi connectivity index (χ0) is 60.1. The number of para-hydroxylation sites is 1. The second-order valence-electron chi connectivity index (χ2n) is 19.0. The summed E-state index contributed by atoms with van der Waals surface area (Å²) in [5.41, 5.74) is 15.2. The molecule has 93 heavy (non-hydrogen) atoms. The van der Waals surface area contributed by atoms with Gasteiger partial charge in [0.25, 0.3) is 0 Å². The molecule has 17 aromatic rings. The maximum Gasteiger partial charge on any atom is 0.180 e. The van der Waals surface area contributed by atoms with E-state index in [1.165, 1.54) is 53.1 Å². The zero-order valence-corrected chi connectivity index (χ0v) is 64.1. The fourth-order valence-corrected chi connectivity index (χ4v) is 12.3. The molecule has 17 rings (SSSR count). The predicted octanol–water partition coefficient (Wildman–Crippen LogP) is 14.4. The van der Waals surface area contributed by atoms with E-state index in [2.05, 4.69) is 148 Å². The summed E-state index contributed by atoms with van der Waals surface area (Å²) in [4.78, 5) is 43.0. The number of hydrogen-bond acceptors (Lipinski definition) is 23. The molecule has 7 aromatic carbocycles. The topological polar surface area (TPSA) is 256 Å². The summed E-state index contributed by atoms with van der Waals surface area (Å²) < 4.78 is 34.8. The Kier molecular flexibility index (Phi) is 25.0. The SMILES string of the molecule is Cc1cccc(C)c1-n1ncnc1-c1[c-]ccc2nc(-c3ccccc3)n(C)c12.Cc1nc2c(-c3ncno3)[c-]ccc2s1.Cc1nc2c(-c3ncns3)[c-]ccc2o1.Cc1nc2c(-c3ncns3)[c-]ccc2s1.[Ir].[Ir].[Ir].[Ir].[Ir].[c-]1ccc2ocnc2c1-c1ncno1. The number of nitrogens with zero attached hydrogens (tertiary/aromatic N) is 17. The molecule has 0 amide bonds. The number of benzene rings is 7. The molecule has 10 heterocycles. The molecule has 10 aromatic heterocycles. The van der Waals surface area contributed by atoms with Crippen molar-refractivity contribution in [3.8, 4) is 72.5 Å². The normalized spacial score (nSPS) is 10.5. The summed E-state index contributed by atoms with van der Waals surface area (Å²) >= 11 is 6.03. The van der Waals surface area contributed by atoms with Crippen LogP contribution in [-0.2, 0) is 108 Å². The quantitative estimate of drug-likeness (QED) is 0.134. The van der Waals surface area contributed by atoms with Crippen molar-refractivity contribution in [3.05, 3.63) is 205 Å². The molecule has 30 heteroatoms. The summed E-state index contributed by atoms with van der Waals surface area (Å²) in [6.45, 7) is 9.99. The van der Waals surface area contributed by atoms with Crippen molar-refractivity contribution < 1.29 is 118 Å². The zero-order valence-electron chi connectivity index (χ0n) is 48.9. The van der Waals surface area contributed by atoms with E-state index >= 15 is 0 Å². The Morgan fingerprint density at radius 3 is 1.60 bits per heavy atom. The number of imidazole rings is 1. The third-order valence-corrected chi connectivity index (χ3v) is 16.5. The van der Waals surface area contributed by atoms with Gasteiger partial charge in [0, 0.05) is 148 Å². The molecule has 0 bridgehead atoms. The Hall–Kier alpha value is -7.48. The second-order valence-corrected chi connectivity index (χ2v) is 23.0. The van der Waals surface area contributed by atoms with Crippen molar-refractivity contribution in [1.29, 1.82) is 0 Å². The third kappa shape index (κ3) is 15.5. The van der Waals surface area contributed by atoms with Crippen LogP contribution in [0.4, 0.5) is 0 Å². The van der Waals surface area contributed by atoms with Crippen LogP contribution < -0.4 is 0 Å². The molecule has 477 valence electrons. The van der Waals surface area contributed by atoms with Gasteiger partial charge in [-0.2, -0.15) is 13.8 Å². The molecule has 21 nitrogen and oxygen atoms in total. The molecule has 0 N–H and O–H groups in total. The molecular formula is C63H42Ir5N17O4S4-5. The number of hydrogen-bond donors (Lipinski definition) is 0. The monoisotopic (exact) mass is 2190 g/mol. The summed E-state index contributed by atoms with van der Waals surface area (Å²) in [6, 6.07) is 51.0. The van der Waals surface area contributed by atoms with Crippen LogP contribution in [0.2, 0.25) is 0 Å². The summed E-state index contributed by atoms with van der Waals surface area (Å²) in [5, 5.41) is 15.4. The maximum atomic E-state index is 5.43. The first kappa shape index (κ1) is 71.4. The average molecular weight is 2190 g/mol. The van der Waals surface area contributed by atoms with Crippen LogP contribution in [0.25, 0.3) is 126 Å². The van der Waals surface area contributed by atoms with Gasteiger partial charge in [-0.1, -0.05) is 122 Å². The number of thiazole rings is 2. The molecule has 0 aliphatic rings. The number of oxazole rings is 2. The van der Waals surface area contributed by atoms with E-state index in [-0.39, 0.29) is 101 Å². The smallest absolute Gasteiger partial charge is 0.180 e. The van der Waals surface area contributed by atoms with Gasteiger partial charge in [0.05, 0.1) is 42.7 Å². The van der Waals surface area contributed by atoms with Gasteiger partial charge in [-0.25, -0.2) is 15.0 Å². The van der Waals surface area contributed by atoms with E-state index in [1.807, 2.05) is 99.2 Å². The Labute approximate surface area is 613 Å². The van der Waals surface area contributed by atoms with Crippen LogP contribution in [0.5, 0.6) is 0 Å². The maximum absolute atomic E-state index is 5.43. The first-order valence-corrected chi connectivity index (χ1v) is 29.9. The van der Waals surface area contributed by atoms with Gasteiger partial charge >= 0.3 is 0 Å². The van der Waals surface area contributed by atoms with E-state index in [0.717, 1.165) is 114 Å². The minimum absolute atomic E-state index is 0. The van der Waals surface area contributed by atoms with Gasteiger partial charge in [-0.15, -0.1) is 102 Å². The van der Waals surface area contributed by atoms with Crippen molar-refractivity contribution in [2.75, 3.05) is 0 Å². The largest absolute Gasteiger partial charge is 0.464 e. The number of fused-ring (bicyclic) bond motifs is 5. The van der Waals surface area contributed by atoms with E-state index < -0.39 is 0 Å². The van der Waals surface area contributed by atoms with Crippen LogP contribution in [0.15, 0.2) is 165 Å². The first-order chi connectivity index (χ1) is 43.1. The molecule has 0 spiro atoms. The summed E-state index contributed by atoms with van der Waals surface area (Å²) in [5.74, 6) is 3.18. The summed E-state index contributed by atoms with van der Waals surface area (Å²) in [6.07, 6.45) is 8.77. The van der Waals surface area contributed by atoms with E-state index in [9.17, 15) is 0 Å². The van der Waals surface area contributed by atoms with Crippen molar-refractivity contribution in [1.82, 2.24) is 83.2 Å². The number of aromatic nitrogens is 17. The van der Waals surface area contributed by atoms with Crippen molar-refractivity contribution in [3.63, 3.8) is 0 Å². The molecule has 0 unspecified atom stereocenters. The molecular weight excluding hydrogens is 2150 g/mol. The van der Waals surface area contributed by atoms with E-state index in [0.29, 0.717) is 34.3 Å². The Morgan fingerprint density at radius 2 is 1.01 bits per heavy atom. The van der Waals surface area contributed by atoms with Crippen molar-refractivity contribution in [2.45, 2.75) is 34.6 Å². The van der Waals surface area contributed by atoms with E-state index in [4.69, 9.17) is 22.9 Å². The minimum Gasteiger partial charge on any atom is -0.464 e. The summed E-state index contributed by atoms with van der Waals surface area (Å²) in [7, 11) is 2.04. The van der Waals surface area contributed by atoms with Gasteiger partial charge < -0.3 is 22.4 Å². The average Bonchev–Trinajstić information content (AvgIpc) is 1.54. The van der Waals surface area contributed by atoms with Gasteiger partial charge in [0.15, 0.2) is 24.1 Å². The second kappa shape index (κ2) is 32.6. The van der Waals surface area contributed by atoms with E-state index in [1.54, 1.807) is 47.5 Å². The predicted molar refractivity (Wildman–Crippen MR) is 336 cm³/mol. The first-order valence-electron chi connectivity index (χ1n) is 26.7. The Balaban J connectivity index is 0.000000152. The Bertz CT molecular complexity index is 4890. The van der Waals surface area contributed by atoms with Crippen LogP contribution in [0.1, 0.15) is 27.0 Å². The van der Waals surface area contributed by atoms with Gasteiger partial charge in [0.1, 0.15) is 37.5 Å². The minimum atomic E-state index is 0. The molecule has 0 fully saturated rings. The van der Waals surface area contributed by atoms with Gasteiger partial charge in [-0.3, -0.25) is 39.6 Å². The van der Waals surface area contributed by atoms with Gasteiger partial charge in [-0.05, 0) is 53.7 Å². The van der Waals surface area contributed by atoms with Gasteiger partial charge in [0.2, 0.25) is 0 Å². The molecule has 0 aliphatic heterocycles. The Morgan fingerprint density at radius 1 is 0.462 bits per heavy atom.